The van der Waals surface area contributed by atoms with Crippen LogP contribution in [0.3, 0.4) is 0 Å². The van der Waals surface area contributed by atoms with Crippen LogP contribution in [-0.2, 0) is 9.53 Å². The maximum absolute atomic E-state index is 10.4. The van der Waals surface area contributed by atoms with E-state index in [1.807, 2.05) is 0 Å². The van der Waals surface area contributed by atoms with Gasteiger partial charge < -0.3 is 15.2 Å². The van der Waals surface area contributed by atoms with Crippen LogP contribution in [0, 0.1) is 5.92 Å². The van der Waals surface area contributed by atoms with Crippen molar-refractivity contribution in [3.8, 4) is 0 Å². The summed E-state index contributed by atoms with van der Waals surface area (Å²) < 4.78 is 5.20. The van der Waals surface area contributed by atoms with E-state index in [4.69, 9.17) is 9.84 Å². The van der Waals surface area contributed by atoms with E-state index >= 15 is 0 Å². The molecule has 0 spiro atoms. The minimum atomic E-state index is -0.885. The molecule has 1 aliphatic rings. The molecule has 2 unspecified atom stereocenters. The van der Waals surface area contributed by atoms with Crippen LogP contribution in [0.15, 0.2) is 0 Å². The third-order valence-electron chi connectivity index (χ3n) is 2.33. The number of carboxylic acids is 1. The topological polar surface area (TPSA) is 58.6 Å². The van der Waals surface area contributed by atoms with Crippen molar-refractivity contribution in [2.75, 3.05) is 19.7 Å². The Hall–Kier alpha value is -0.610. The Morgan fingerprint density at radius 3 is 3.08 bits per heavy atom. The summed E-state index contributed by atoms with van der Waals surface area (Å²) in [5.74, 6) is -0.403. The molecule has 0 radical (unpaired) electrons. The van der Waals surface area contributed by atoms with Gasteiger partial charge in [0, 0.05) is 6.54 Å². The zero-order valence-corrected chi connectivity index (χ0v) is 7.95. The number of nitrogens with one attached hydrogen (secondary N) is 1. The van der Waals surface area contributed by atoms with Crippen LogP contribution in [0.4, 0.5) is 0 Å². The molecule has 1 rings (SSSR count). The Labute approximate surface area is 78.3 Å². The van der Waals surface area contributed by atoms with Gasteiger partial charge in [0.05, 0.1) is 6.61 Å². The molecule has 0 aromatic carbocycles. The van der Waals surface area contributed by atoms with Gasteiger partial charge in [0.15, 0.2) is 6.10 Å². The van der Waals surface area contributed by atoms with Gasteiger partial charge in [-0.2, -0.15) is 0 Å². The third kappa shape index (κ3) is 3.74. The van der Waals surface area contributed by atoms with Crippen molar-refractivity contribution in [3.63, 3.8) is 0 Å². The van der Waals surface area contributed by atoms with Crippen LogP contribution in [-0.4, -0.2) is 36.9 Å². The molecule has 0 bridgehead atoms. The highest BCUT2D eigenvalue weighted by Crippen LogP contribution is 2.10. The molecule has 76 valence electrons. The van der Waals surface area contributed by atoms with E-state index in [0.717, 1.165) is 25.9 Å². The molecule has 4 heteroatoms. The van der Waals surface area contributed by atoms with Crippen LogP contribution < -0.4 is 5.32 Å². The molecule has 1 fully saturated rings. The highest BCUT2D eigenvalue weighted by molar-refractivity contribution is 5.71. The van der Waals surface area contributed by atoms with E-state index in [1.165, 1.54) is 0 Å². The number of aliphatic carboxylic acids is 1. The lowest BCUT2D eigenvalue weighted by atomic mass is 10.0. The summed E-state index contributed by atoms with van der Waals surface area (Å²) >= 11 is 0. The van der Waals surface area contributed by atoms with Gasteiger partial charge in [-0.05, 0) is 32.2 Å². The summed E-state index contributed by atoms with van der Waals surface area (Å²) in [5, 5.41) is 11.8. The fraction of sp³-hybridized carbons (Fsp3) is 0.889. The molecule has 1 saturated heterocycles. The van der Waals surface area contributed by atoms with Crippen LogP contribution in [0.5, 0.6) is 0 Å². The molecule has 0 aromatic heterocycles. The molecule has 0 saturated carbocycles. The molecule has 0 aromatic rings. The minimum Gasteiger partial charge on any atom is -0.479 e. The summed E-state index contributed by atoms with van der Waals surface area (Å²) in [7, 11) is 0. The van der Waals surface area contributed by atoms with E-state index in [2.05, 4.69) is 5.32 Å². The lowest BCUT2D eigenvalue weighted by molar-refractivity contribution is -0.150. The fourth-order valence-corrected chi connectivity index (χ4v) is 1.42. The van der Waals surface area contributed by atoms with Gasteiger partial charge >= 0.3 is 5.97 Å². The van der Waals surface area contributed by atoms with E-state index in [1.54, 1.807) is 6.92 Å². The maximum atomic E-state index is 10.4. The Kier molecular flexibility index (Phi) is 4.18. The molecule has 1 aliphatic heterocycles. The Morgan fingerprint density at radius 1 is 1.77 bits per heavy atom. The number of ether oxygens (including phenoxy) is 1. The molecule has 4 nitrogen and oxygen atoms in total. The van der Waals surface area contributed by atoms with Gasteiger partial charge in [-0.3, -0.25) is 0 Å². The zero-order valence-electron chi connectivity index (χ0n) is 7.95. The second kappa shape index (κ2) is 5.19. The Morgan fingerprint density at radius 2 is 2.54 bits per heavy atom. The van der Waals surface area contributed by atoms with Crippen LogP contribution in [0.25, 0.3) is 0 Å². The predicted octanol–water partition coefficient (Wildman–Crippen LogP) is 0.476. The number of carbonyl (C=O) groups is 1. The number of hydrogen-bond acceptors (Lipinski definition) is 3. The van der Waals surface area contributed by atoms with Gasteiger partial charge in [0.25, 0.3) is 0 Å². The zero-order chi connectivity index (χ0) is 9.68. The first-order valence-corrected chi connectivity index (χ1v) is 4.75. The highest BCUT2D eigenvalue weighted by Gasteiger charge is 2.17. The van der Waals surface area contributed by atoms with E-state index in [9.17, 15) is 4.79 Å². The summed E-state index contributed by atoms with van der Waals surface area (Å²) in [4.78, 5) is 10.4. The first-order chi connectivity index (χ1) is 6.20. The SMILES string of the molecule is CC(OCC1CCCNC1)C(=O)O. The smallest absolute Gasteiger partial charge is 0.332 e. The highest BCUT2D eigenvalue weighted by atomic mass is 16.5. The second-order valence-electron chi connectivity index (χ2n) is 3.53. The number of rotatable bonds is 4. The number of hydrogen-bond donors (Lipinski definition) is 2. The minimum absolute atomic E-state index is 0.482. The summed E-state index contributed by atoms with van der Waals surface area (Å²) in [5.41, 5.74) is 0. The number of piperidine rings is 1. The van der Waals surface area contributed by atoms with E-state index in [0.29, 0.717) is 12.5 Å². The molecular formula is C9H17NO3. The average molecular weight is 187 g/mol. The Balaban J connectivity index is 2.13. The predicted molar refractivity (Wildman–Crippen MR) is 48.6 cm³/mol. The third-order valence-corrected chi connectivity index (χ3v) is 2.33. The molecule has 0 amide bonds. The molecule has 2 atom stereocenters. The molecular weight excluding hydrogens is 170 g/mol. The fourth-order valence-electron chi connectivity index (χ4n) is 1.42. The second-order valence-corrected chi connectivity index (χ2v) is 3.53. The summed E-state index contributed by atoms with van der Waals surface area (Å²) in [6.07, 6.45) is 1.62. The van der Waals surface area contributed by atoms with Gasteiger partial charge in [-0.1, -0.05) is 0 Å². The Bertz CT molecular complexity index is 166. The van der Waals surface area contributed by atoms with Gasteiger partial charge in [-0.15, -0.1) is 0 Å². The first-order valence-electron chi connectivity index (χ1n) is 4.75. The number of carboxylic acid groups (broad SMARTS) is 1. The van der Waals surface area contributed by atoms with Crippen molar-refractivity contribution in [3.05, 3.63) is 0 Å². The molecule has 1 heterocycles. The van der Waals surface area contributed by atoms with Crippen molar-refractivity contribution in [2.24, 2.45) is 5.92 Å². The van der Waals surface area contributed by atoms with Crippen molar-refractivity contribution < 1.29 is 14.6 Å². The van der Waals surface area contributed by atoms with Gasteiger partial charge in [0.1, 0.15) is 0 Å². The summed E-state index contributed by atoms with van der Waals surface area (Å²) in [6.45, 7) is 4.15. The van der Waals surface area contributed by atoms with E-state index in [-0.39, 0.29) is 0 Å². The van der Waals surface area contributed by atoms with Crippen LogP contribution >= 0.6 is 0 Å². The lowest BCUT2D eigenvalue weighted by Crippen LogP contribution is -2.34. The van der Waals surface area contributed by atoms with E-state index < -0.39 is 12.1 Å². The molecule has 0 aliphatic carbocycles. The lowest BCUT2D eigenvalue weighted by Gasteiger charge is -2.23. The first kappa shape index (κ1) is 10.5. The largest absolute Gasteiger partial charge is 0.479 e. The normalized spacial score (nSPS) is 25.5. The van der Waals surface area contributed by atoms with Crippen molar-refractivity contribution in [2.45, 2.75) is 25.9 Å². The van der Waals surface area contributed by atoms with Crippen LogP contribution in [0.2, 0.25) is 0 Å². The average Bonchev–Trinajstić information content (AvgIpc) is 2.15. The van der Waals surface area contributed by atoms with Crippen molar-refractivity contribution in [1.29, 1.82) is 0 Å². The quantitative estimate of drug-likeness (QED) is 0.672. The molecule has 2 N–H and O–H groups in total. The van der Waals surface area contributed by atoms with Crippen molar-refractivity contribution >= 4 is 5.97 Å². The summed E-state index contributed by atoms with van der Waals surface area (Å²) in [6, 6.07) is 0. The maximum Gasteiger partial charge on any atom is 0.332 e. The van der Waals surface area contributed by atoms with Gasteiger partial charge in [0.2, 0.25) is 0 Å². The monoisotopic (exact) mass is 187 g/mol. The molecule has 13 heavy (non-hydrogen) atoms. The van der Waals surface area contributed by atoms with Crippen molar-refractivity contribution in [1.82, 2.24) is 5.32 Å². The van der Waals surface area contributed by atoms with Gasteiger partial charge in [-0.25, -0.2) is 4.79 Å². The standard InChI is InChI=1S/C9H17NO3/c1-7(9(11)12)13-6-8-3-2-4-10-5-8/h7-8,10H,2-6H2,1H3,(H,11,12). The van der Waals surface area contributed by atoms with Crippen LogP contribution in [0.1, 0.15) is 19.8 Å².